The highest BCUT2D eigenvalue weighted by Gasteiger charge is 2.22. The van der Waals surface area contributed by atoms with Crippen LogP contribution in [0.4, 0.5) is 5.82 Å². The fourth-order valence-corrected chi connectivity index (χ4v) is 2.22. The van der Waals surface area contributed by atoms with Gasteiger partial charge in [0.25, 0.3) is 0 Å². The van der Waals surface area contributed by atoms with Gasteiger partial charge in [-0.1, -0.05) is 11.6 Å². The summed E-state index contributed by atoms with van der Waals surface area (Å²) in [5.41, 5.74) is 5.90. The van der Waals surface area contributed by atoms with Crippen LogP contribution >= 0.6 is 11.6 Å². The monoisotopic (exact) mass is 255 g/mol. The van der Waals surface area contributed by atoms with E-state index in [2.05, 4.69) is 10.3 Å². The van der Waals surface area contributed by atoms with Crippen LogP contribution in [0.15, 0.2) is 12.3 Å². The molecule has 17 heavy (non-hydrogen) atoms. The number of hydrogen-bond acceptors (Lipinski definition) is 4. The zero-order valence-electron chi connectivity index (χ0n) is 9.19. The average molecular weight is 256 g/mol. The van der Waals surface area contributed by atoms with Crippen molar-refractivity contribution in [2.24, 2.45) is 5.73 Å². The predicted molar refractivity (Wildman–Crippen MR) is 65.4 cm³/mol. The van der Waals surface area contributed by atoms with E-state index in [0.717, 1.165) is 19.3 Å². The number of nitrogens with zero attached hydrogens (tertiary/aromatic N) is 1. The molecule has 0 radical (unpaired) electrons. The molecule has 1 saturated carbocycles. The highest BCUT2D eigenvalue weighted by molar-refractivity contribution is 6.33. The van der Waals surface area contributed by atoms with Gasteiger partial charge in [0.15, 0.2) is 0 Å². The maximum atomic E-state index is 10.7. The lowest BCUT2D eigenvalue weighted by atomic mass is 10.2. The first-order chi connectivity index (χ1) is 8.06. The largest absolute Gasteiger partial charge is 0.478 e. The molecular formula is C11H14ClN3O2. The van der Waals surface area contributed by atoms with Crippen molar-refractivity contribution in [3.63, 3.8) is 0 Å². The van der Waals surface area contributed by atoms with Crippen LogP contribution < -0.4 is 11.1 Å². The lowest BCUT2D eigenvalue weighted by molar-refractivity contribution is 0.0696. The lowest BCUT2D eigenvalue weighted by Gasteiger charge is -2.14. The third-order valence-electron chi connectivity index (χ3n) is 2.90. The van der Waals surface area contributed by atoms with Crippen LogP contribution in [0.25, 0.3) is 0 Å². The molecule has 6 heteroatoms. The van der Waals surface area contributed by atoms with Crippen molar-refractivity contribution in [3.05, 3.63) is 22.8 Å². The molecule has 4 N–H and O–H groups in total. The molecule has 0 spiro atoms. The molecule has 1 aromatic rings. The number of aromatic nitrogens is 1. The van der Waals surface area contributed by atoms with Crippen molar-refractivity contribution in [3.8, 4) is 0 Å². The molecule has 1 aliphatic carbocycles. The fraction of sp³-hybridized carbons (Fsp3) is 0.455. The van der Waals surface area contributed by atoms with E-state index in [-0.39, 0.29) is 17.6 Å². The zero-order valence-corrected chi connectivity index (χ0v) is 9.94. The molecule has 2 atom stereocenters. The number of carbonyl (C=O) groups is 1. The standard InChI is InChI=1S/C11H14ClN3O2/c12-9-3-6(11(16)17)5-14-10(9)15-8-2-1-7(13)4-8/h3,5,7-8H,1-2,4,13H2,(H,14,15)(H,16,17)/t7-,8-/m0/s1. The van der Waals surface area contributed by atoms with Crippen molar-refractivity contribution in [1.82, 2.24) is 4.98 Å². The topological polar surface area (TPSA) is 88.2 Å². The summed E-state index contributed by atoms with van der Waals surface area (Å²) in [6.45, 7) is 0. The highest BCUT2D eigenvalue weighted by atomic mass is 35.5. The summed E-state index contributed by atoms with van der Waals surface area (Å²) >= 11 is 5.97. The van der Waals surface area contributed by atoms with Crippen LogP contribution in [0.3, 0.4) is 0 Å². The summed E-state index contributed by atoms with van der Waals surface area (Å²) in [5, 5.41) is 12.3. The van der Waals surface area contributed by atoms with Gasteiger partial charge in [-0.3, -0.25) is 0 Å². The molecular weight excluding hydrogens is 242 g/mol. The van der Waals surface area contributed by atoms with Crippen molar-refractivity contribution in [2.45, 2.75) is 31.3 Å². The molecule has 0 amide bonds. The van der Waals surface area contributed by atoms with E-state index in [4.69, 9.17) is 22.4 Å². The molecule has 2 rings (SSSR count). The van der Waals surface area contributed by atoms with Gasteiger partial charge in [0.05, 0.1) is 10.6 Å². The van der Waals surface area contributed by atoms with Crippen molar-refractivity contribution < 1.29 is 9.90 Å². The third kappa shape index (κ3) is 2.87. The van der Waals surface area contributed by atoms with Gasteiger partial charge in [-0.05, 0) is 25.3 Å². The van der Waals surface area contributed by atoms with Gasteiger partial charge in [0.1, 0.15) is 5.82 Å². The number of anilines is 1. The summed E-state index contributed by atoms with van der Waals surface area (Å²) in [5.74, 6) is -0.510. The summed E-state index contributed by atoms with van der Waals surface area (Å²) in [4.78, 5) is 14.7. The Hall–Kier alpha value is -1.33. The number of pyridine rings is 1. The molecule has 0 aromatic carbocycles. The smallest absolute Gasteiger partial charge is 0.337 e. The molecule has 5 nitrogen and oxygen atoms in total. The molecule has 0 unspecified atom stereocenters. The first-order valence-electron chi connectivity index (χ1n) is 5.47. The normalized spacial score (nSPS) is 23.6. The minimum Gasteiger partial charge on any atom is -0.478 e. The van der Waals surface area contributed by atoms with E-state index in [1.54, 1.807) is 0 Å². The lowest BCUT2D eigenvalue weighted by Crippen LogP contribution is -2.21. The second-order valence-electron chi connectivity index (χ2n) is 4.27. The van der Waals surface area contributed by atoms with Gasteiger partial charge in [-0.15, -0.1) is 0 Å². The number of halogens is 1. The molecule has 1 fully saturated rings. The first kappa shape index (κ1) is 12.1. The van der Waals surface area contributed by atoms with Gasteiger partial charge in [-0.2, -0.15) is 0 Å². The molecule has 1 aliphatic rings. The summed E-state index contributed by atoms with van der Waals surface area (Å²) in [6, 6.07) is 1.89. The second kappa shape index (κ2) is 4.89. The van der Waals surface area contributed by atoms with E-state index in [0.29, 0.717) is 10.8 Å². The first-order valence-corrected chi connectivity index (χ1v) is 5.85. The Morgan fingerprint density at radius 2 is 2.35 bits per heavy atom. The SMILES string of the molecule is N[C@H]1CC[C@H](Nc2ncc(C(=O)O)cc2Cl)C1. The summed E-state index contributed by atoms with van der Waals surface area (Å²) in [6.07, 6.45) is 4.16. The summed E-state index contributed by atoms with van der Waals surface area (Å²) < 4.78 is 0. The number of nitrogens with one attached hydrogen (secondary N) is 1. The number of rotatable bonds is 3. The Labute approximate surface area is 104 Å². The Morgan fingerprint density at radius 1 is 1.59 bits per heavy atom. The minimum atomic E-state index is -1.03. The zero-order chi connectivity index (χ0) is 12.4. The van der Waals surface area contributed by atoms with Gasteiger partial charge >= 0.3 is 5.97 Å². The van der Waals surface area contributed by atoms with Crippen LogP contribution in [0, 0.1) is 0 Å². The Bertz CT molecular complexity index is 439. The average Bonchev–Trinajstić information content (AvgIpc) is 2.67. The Balaban J connectivity index is 2.09. The van der Waals surface area contributed by atoms with E-state index in [1.807, 2.05) is 0 Å². The van der Waals surface area contributed by atoms with Gasteiger partial charge in [-0.25, -0.2) is 9.78 Å². The number of carboxylic acids is 1. The fourth-order valence-electron chi connectivity index (χ4n) is 2.00. The molecule has 1 aromatic heterocycles. The van der Waals surface area contributed by atoms with Crippen LogP contribution in [0.5, 0.6) is 0 Å². The predicted octanol–water partition coefficient (Wildman–Crippen LogP) is 1.72. The second-order valence-corrected chi connectivity index (χ2v) is 4.68. The summed E-state index contributed by atoms with van der Waals surface area (Å²) in [7, 11) is 0. The molecule has 0 aliphatic heterocycles. The quantitative estimate of drug-likeness (QED) is 0.765. The molecule has 0 bridgehead atoms. The Kier molecular flexibility index (Phi) is 3.49. The van der Waals surface area contributed by atoms with E-state index in [1.165, 1.54) is 12.3 Å². The molecule has 0 saturated heterocycles. The van der Waals surface area contributed by atoms with Crippen LogP contribution in [0.1, 0.15) is 29.6 Å². The van der Waals surface area contributed by atoms with Gasteiger partial charge in [0.2, 0.25) is 0 Å². The number of hydrogen-bond donors (Lipinski definition) is 3. The van der Waals surface area contributed by atoms with Crippen LogP contribution in [-0.2, 0) is 0 Å². The number of nitrogens with two attached hydrogens (primary N) is 1. The Morgan fingerprint density at radius 3 is 2.88 bits per heavy atom. The van der Waals surface area contributed by atoms with Crippen LogP contribution in [0.2, 0.25) is 5.02 Å². The molecule has 1 heterocycles. The van der Waals surface area contributed by atoms with Crippen LogP contribution in [-0.4, -0.2) is 28.1 Å². The van der Waals surface area contributed by atoms with E-state index >= 15 is 0 Å². The number of carboxylic acid groups (broad SMARTS) is 1. The van der Waals surface area contributed by atoms with Crippen molar-refractivity contribution in [2.75, 3.05) is 5.32 Å². The van der Waals surface area contributed by atoms with Crippen molar-refractivity contribution >= 4 is 23.4 Å². The van der Waals surface area contributed by atoms with Crippen molar-refractivity contribution in [1.29, 1.82) is 0 Å². The maximum Gasteiger partial charge on any atom is 0.337 e. The minimum absolute atomic E-state index is 0.0867. The van der Waals surface area contributed by atoms with Gasteiger partial charge in [0, 0.05) is 18.3 Å². The van der Waals surface area contributed by atoms with Gasteiger partial charge < -0.3 is 16.2 Å². The molecule has 92 valence electrons. The van der Waals surface area contributed by atoms with E-state index in [9.17, 15) is 4.79 Å². The highest BCUT2D eigenvalue weighted by Crippen LogP contribution is 2.25. The number of aromatic carboxylic acids is 1. The van der Waals surface area contributed by atoms with E-state index < -0.39 is 5.97 Å². The maximum absolute atomic E-state index is 10.7. The third-order valence-corrected chi connectivity index (χ3v) is 3.19.